The van der Waals surface area contributed by atoms with E-state index >= 15 is 0 Å². The zero-order chi connectivity index (χ0) is 19.1. The van der Waals surface area contributed by atoms with Gasteiger partial charge in [-0.2, -0.15) is 0 Å². The van der Waals surface area contributed by atoms with Crippen molar-refractivity contribution in [3.8, 4) is 0 Å². The van der Waals surface area contributed by atoms with E-state index in [2.05, 4.69) is 9.71 Å². The molecule has 1 heterocycles. The van der Waals surface area contributed by atoms with Gasteiger partial charge < -0.3 is 4.74 Å². The van der Waals surface area contributed by atoms with Crippen LogP contribution in [-0.4, -0.2) is 20.5 Å². The Morgan fingerprint density at radius 2 is 1.92 bits per heavy atom. The molecule has 0 spiro atoms. The molecule has 5 nitrogen and oxygen atoms in total. The quantitative estimate of drug-likeness (QED) is 0.729. The highest BCUT2D eigenvalue weighted by atomic mass is 35.5. The third kappa shape index (κ3) is 3.98. The molecule has 3 rings (SSSR count). The zero-order valence-electron chi connectivity index (χ0n) is 14.7. The van der Waals surface area contributed by atoms with Crippen molar-refractivity contribution in [3.63, 3.8) is 0 Å². The number of methoxy groups -OCH3 is 1. The number of nitrogens with one attached hydrogen (secondary N) is 1. The average Bonchev–Trinajstić information content (AvgIpc) is 3.33. The molecule has 0 saturated heterocycles. The molecule has 1 aliphatic rings. The van der Waals surface area contributed by atoms with Gasteiger partial charge in [-0.1, -0.05) is 29.3 Å². The Kier molecular flexibility index (Phi) is 5.49. The van der Waals surface area contributed by atoms with Crippen molar-refractivity contribution in [3.05, 3.63) is 51.1 Å². The van der Waals surface area contributed by atoms with Crippen LogP contribution in [-0.2, 0) is 14.8 Å². The Bertz CT molecular complexity index is 920. The van der Waals surface area contributed by atoms with E-state index in [9.17, 15) is 8.42 Å². The summed E-state index contributed by atoms with van der Waals surface area (Å²) in [6.45, 7) is 3.50. The van der Waals surface area contributed by atoms with Gasteiger partial charge in [-0.05, 0) is 56.4 Å². The molecule has 1 unspecified atom stereocenters. The minimum Gasteiger partial charge on any atom is -0.376 e. The molecule has 1 atom stereocenters. The van der Waals surface area contributed by atoms with E-state index in [0.717, 1.165) is 24.1 Å². The number of aromatic nitrogens is 1. The predicted octanol–water partition coefficient (Wildman–Crippen LogP) is 4.90. The minimum atomic E-state index is -3.89. The highest BCUT2D eigenvalue weighted by molar-refractivity contribution is 7.92. The first-order valence-electron chi connectivity index (χ1n) is 8.21. The summed E-state index contributed by atoms with van der Waals surface area (Å²) in [5.74, 6) is 0.751. The number of anilines is 1. The molecular formula is C18H20Cl2N2O3S. The summed E-state index contributed by atoms with van der Waals surface area (Å²) < 4.78 is 33.6. The molecule has 0 bridgehead atoms. The number of halogens is 2. The molecule has 1 N–H and O–H groups in total. The molecule has 26 heavy (non-hydrogen) atoms. The Labute approximate surface area is 163 Å². The fraction of sp³-hybridized carbons (Fsp3) is 0.389. The third-order valence-electron chi connectivity index (χ3n) is 4.44. The maximum Gasteiger partial charge on any atom is 0.264 e. The second kappa shape index (κ2) is 7.35. The number of rotatable bonds is 6. The Balaban J connectivity index is 1.90. The van der Waals surface area contributed by atoms with Gasteiger partial charge >= 0.3 is 0 Å². The van der Waals surface area contributed by atoms with Crippen LogP contribution in [0.5, 0.6) is 0 Å². The third-order valence-corrected chi connectivity index (χ3v) is 6.62. The van der Waals surface area contributed by atoms with Crippen molar-refractivity contribution in [2.24, 2.45) is 5.92 Å². The van der Waals surface area contributed by atoms with Crippen molar-refractivity contribution in [1.82, 2.24) is 4.98 Å². The van der Waals surface area contributed by atoms with Crippen LogP contribution in [0.3, 0.4) is 0 Å². The molecule has 0 aliphatic heterocycles. The lowest BCUT2D eigenvalue weighted by molar-refractivity contribution is 0.0838. The van der Waals surface area contributed by atoms with Gasteiger partial charge in [0.05, 0.1) is 11.1 Å². The Hall–Kier alpha value is -1.34. The van der Waals surface area contributed by atoms with E-state index in [-0.39, 0.29) is 21.8 Å². The van der Waals surface area contributed by atoms with Crippen molar-refractivity contribution in [2.45, 2.75) is 37.7 Å². The number of hydrogen-bond donors (Lipinski definition) is 1. The SMILES string of the molecule is COC(c1ccc(NS(=O)(=O)c2c(C)cc(Cl)cc2Cl)nc1C)C1CC1. The van der Waals surface area contributed by atoms with Crippen molar-refractivity contribution < 1.29 is 13.2 Å². The number of nitrogens with zero attached hydrogens (tertiary/aromatic N) is 1. The van der Waals surface area contributed by atoms with E-state index in [1.807, 2.05) is 13.0 Å². The van der Waals surface area contributed by atoms with Crippen LogP contribution in [0.25, 0.3) is 0 Å². The van der Waals surface area contributed by atoms with Gasteiger partial charge in [-0.25, -0.2) is 13.4 Å². The van der Waals surface area contributed by atoms with Gasteiger partial charge in [0.25, 0.3) is 10.0 Å². The monoisotopic (exact) mass is 414 g/mol. The lowest BCUT2D eigenvalue weighted by Crippen LogP contribution is -2.17. The average molecular weight is 415 g/mol. The standard InChI is InChI=1S/C18H20Cl2N2O3S/c1-10-8-13(19)9-15(20)18(10)26(23,24)22-16-7-6-14(11(2)21-16)17(25-3)12-4-5-12/h6-9,12,17H,4-5H2,1-3H3,(H,21,22). The molecule has 1 saturated carbocycles. The number of ether oxygens (including phenoxy) is 1. The highest BCUT2D eigenvalue weighted by Crippen LogP contribution is 2.43. The summed E-state index contributed by atoms with van der Waals surface area (Å²) in [6, 6.07) is 6.48. The van der Waals surface area contributed by atoms with Gasteiger partial charge in [-0.3, -0.25) is 4.72 Å². The van der Waals surface area contributed by atoms with Crippen molar-refractivity contribution in [2.75, 3.05) is 11.8 Å². The van der Waals surface area contributed by atoms with Crippen molar-refractivity contribution in [1.29, 1.82) is 0 Å². The molecule has 1 fully saturated rings. The van der Waals surface area contributed by atoms with Crippen LogP contribution in [0, 0.1) is 19.8 Å². The van der Waals surface area contributed by atoms with E-state index in [4.69, 9.17) is 27.9 Å². The zero-order valence-corrected chi connectivity index (χ0v) is 17.0. The van der Waals surface area contributed by atoms with Crippen LogP contribution >= 0.6 is 23.2 Å². The van der Waals surface area contributed by atoms with E-state index in [1.54, 1.807) is 26.2 Å². The molecule has 1 aliphatic carbocycles. The van der Waals surface area contributed by atoms with Crippen LogP contribution in [0.15, 0.2) is 29.2 Å². The van der Waals surface area contributed by atoms with Gasteiger partial charge in [0.2, 0.25) is 0 Å². The summed E-state index contributed by atoms with van der Waals surface area (Å²) in [5.41, 5.74) is 2.19. The molecule has 140 valence electrons. The number of pyridine rings is 1. The predicted molar refractivity (Wildman–Crippen MR) is 103 cm³/mol. The van der Waals surface area contributed by atoms with Gasteiger partial charge in [-0.15, -0.1) is 0 Å². The van der Waals surface area contributed by atoms with Crippen LogP contribution in [0.4, 0.5) is 5.82 Å². The summed E-state index contributed by atoms with van der Waals surface area (Å²) in [6.07, 6.45) is 2.28. The summed E-state index contributed by atoms with van der Waals surface area (Å²) in [4.78, 5) is 4.40. The van der Waals surface area contributed by atoms with Gasteiger partial charge in [0.1, 0.15) is 10.7 Å². The van der Waals surface area contributed by atoms with Crippen LogP contribution in [0.2, 0.25) is 10.0 Å². The van der Waals surface area contributed by atoms with E-state index in [0.29, 0.717) is 16.5 Å². The summed E-state index contributed by atoms with van der Waals surface area (Å²) in [5, 5.41) is 0.458. The first kappa shape index (κ1) is 19.4. The molecule has 8 heteroatoms. The maximum absolute atomic E-state index is 12.8. The normalized spacial score (nSPS) is 15.7. The number of aryl methyl sites for hydroxylation is 2. The maximum atomic E-state index is 12.8. The minimum absolute atomic E-state index is 0.000144. The fourth-order valence-electron chi connectivity index (χ4n) is 3.12. The number of benzene rings is 1. The smallest absolute Gasteiger partial charge is 0.264 e. The van der Waals surface area contributed by atoms with Crippen LogP contribution in [0.1, 0.15) is 35.8 Å². The van der Waals surface area contributed by atoms with Crippen LogP contribution < -0.4 is 4.72 Å². The van der Waals surface area contributed by atoms with Gasteiger partial charge in [0.15, 0.2) is 0 Å². The lowest BCUT2D eigenvalue weighted by atomic mass is 10.0. The topological polar surface area (TPSA) is 68.3 Å². The second-order valence-electron chi connectivity index (χ2n) is 6.50. The van der Waals surface area contributed by atoms with Gasteiger partial charge in [0, 0.05) is 23.4 Å². The highest BCUT2D eigenvalue weighted by Gasteiger charge is 2.33. The summed E-state index contributed by atoms with van der Waals surface area (Å²) >= 11 is 12.0. The number of sulfonamides is 1. The first-order chi connectivity index (χ1) is 12.2. The number of hydrogen-bond acceptors (Lipinski definition) is 4. The first-order valence-corrected chi connectivity index (χ1v) is 10.5. The molecule has 1 aromatic heterocycles. The molecular weight excluding hydrogens is 395 g/mol. The van der Waals surface area contributed by atoms with Crippen molar-refractivity contribution >= 4 is 39.0 Å². The van der Waals surface area contributed by atoms with E-state index in [1.165, 1.54) is 6.07 Å². The molecule has 0 radical (unpaired) electrons. The summed E-state index contributed by atoms with van der Waals surface area (Å²) in [7, 11) is -2.20. The Morgan fingerprint density at radius 1 is 1.23 bits per heavy atom. The molecule has 1 aromatic carbocycles. The van der Waals surface area contributed by atoms with E-state index < -0.39 is 10.0 Å². The Morgan fingerprint density at radius 3 is 2.46 bits per heavy atom. The fourth-order valence-corrected chi connectivity index (χ4v) is 5.31. The molecule has 2 aromatic rings. The largest absolute Gasteiger partial charge is 0.376 e. The lowest BCUT2D eigenvalue weighted by Gasteiger charge is -2.18. The second-order valence-corrected chi connectivity index (χ2v) is 8.97. The molecule has 0 amide bonds.